The maximum Gasteiger partial charge on any atom is 0.322 e. The predicted octanol–water partition coefficient (Wildman–Crippen LogP) is 5.14. The van der Waals surface area contributed by atoms with Crippen LogP contribution in [0.4, 0.5) is 10.5 Å². The Morgan fingerprint density at radius 1 is 1.25 bits per heavy atom. The van der Waals surface area contributed by atoms with Crippen LogP contribution in [0, 0.1) is 6.92 Å². The third kappa shape index (κ3) is 3.56. The zero-order chi connectivity index (χ0) is 17.1. The van der Waals surface area contributed by atoms with Crippen LogP contribution in [0.1, 0.15) is 30.0 Å². The number of rotatable bonds is 3. The van der Waals surface area contributed by atoms with Gasteiger partial charge in [0, 0.05) is 11.0 Å². The van der Waals surface area contributed by atoms with Crippen LogP contribution in [0.5, 0.6) is 5.75 Å². The van der Waals surface area contributed by atoms with Crippen molar-refractivity contribution >= 4 is 27.6 Å². The molecule has 0 spiro atoms. The number of aryl methyl sites for hydroxylation is 1. The number of anilines is 1. The quantitative estimate of drug-likeness (QED) is 0.790. The number of hydrogen-bond donors (Lipinski definition) is 1. The summed E-state index contributed by atoms with van der Waals surface area (Å²) in [6.07, 6.45) is 1.99. The second-order valence-electron chi connectivity index (χ2n) is 6.04. The van der Waals surface area contributed by atoms with E-state index >= 15 is 0 Å². The summed E-state index contributed by atoms with van der Waals surface area (Å²) < 4.78 is 6.11. The van der Waals surface area contributed by atoms with Gasteiger partial charge in [-0.1, -0.05) is 18.2 Å². The van der Waals surface area contributed by atoms with Crippen LogP contribution in [0.25, 0.3) is 0 Å². The van der Waals surface area contributed by atoms with E-state index in [0.29, 0.717) is 0 Å². The van der Waals surface area contributed by atoms with Gasteiger partial charge < -0.3 is 15.0 Å². The lowest BCUT2D eigenvalue weighted by Gasteiger charge is -2.25. The minimum absolute atomic E-state index is 0.0575. The van der Waals surface area contributed by atoms with Gasteiger partial charge in [0.15, 0.2) is 0 Å². The fourth-order valence-electron chi connectivity index (χ4n) is 3.09. The van der Waals surface area contributed by atoms with E-state index in [2.05, 4.69) is 21.2 Å². The van der Waals surface area contributed by atoms with E-state index in [4.69, 9.17) is 4.74 Å². The molecule has 1 unspecified atom stereocenters. The molecule has 0 radical (unpaired) electrons. The van der Waals surface area contributed by atoms with Gasteiger partial charge in [-0.15, -0.1) is 0 Å². The lowest BCUT2D eigenvalue weighted by atomic mass is 10.0. The van der Waals surface area contributed by atoms with Crippen molar-refractivity contribution in [3.63, 3.8) is 0 Å². The Kier molecular flexibility index (Phi) is 5.09. The molecule has 2 aromatic rings. The second-order valence-corrected chi connectivity index (χ2v) is 6.89. The van der Waals surface area contributed by atoms with E-state index in [1.807, 2.05) is 54.3 Å². The molecule has 1 N–H and O–H groups in total. The summed E-state index contributed by atoms with van der Waals surface area (Å²) >= 11 is 3.51. The van der Waals surface area contributed by atoms with Crippen molar-refractivity contribution < 1.29 is 9.53 Å². The van der Waals surface area contributed by atoms with Gasteiger partial charge in [-0.3, -0.25) is 0 Å². The summed E-state index contributed by atoms with van der Waals surface area (Å²) in [5.74, 6) is 0.830. The Bertz CT molecular complexity index is 731. The molecule has 126 valence electrons. The molecule has 1 saturated heterocycles. The number of carbonyl (C=O) groups excluding carboxylic acids is 1. The largest absolute Gasteiger partial charge is 0.497 e. The number of halogens is 1. The molecule has 4 nitrogen and oxygen atoms in total. The van der Waals surface area contributed by atoms with E-state index < -0.39 is 0 Å². The molecular weight excluding hydrogens is 368 g/mol. The molecule has 1 atom stereocenters. The molecule has 2 amide bonds. The van der Waals surface area contributed by atoms with Crippen molar-refractivity contribution in [1.29, 1.82) is 0 Å². The molecule has 3 rings (SSSR count). The highest BCUT2D eigenvalue weighted by Crippen LogP contribution is 2.34. The van der Waals surface area contributed by atoms with Crippen LogP contribution in [0.15, 0.2) is 46.9 Å². The summed E-state index contributed by atoms with van der Waals surface area (Å²) in [5.41, 5.74) is 3.09. The van der Waals surface area contributed by atoms with Crippen molar-refractivity contribution in [3.05, 3.63) is 58.1 Å². The van der Waals surface area contributed by atoms with E-state index in [9.17, 15) is 4.79 Å². The van der Waals surface area contributed by atoms with Crippen LogP contribution in [-0.4, -0.2) is 24.6 Å². The van der Waals surface area contributed by atoms with Crippen LogP contribution >= 0.6 is 15.9 Å². The third-order valence-corrected chi connectivity index (χ3v) is 5.04. The van der Waals surface area contributed by atoms with Crippen molar-refractivity contribution in [2.24, 2.45) is 0 Å². The molecule has 0 aliphatic carbocycles. The van der Waals surface area contributed by atoms with Crippen molar-refractivity contribution in [3.8, 4) is 5.75 Å². The zero-order valence-electron chi connectivity index (χ0n) is 13.9. The second kappa shape index (κ2) is 7.26. The Morgan fingerprint density at radius 2 is 2.00 bits per heavy atom. The van der Waals surface area contributed by atoms with Gasteiger partial charge in [0.2, 0.25) is 0 Å². The molecule has 5 heteroatoms. The molecule has 1 fully saturated rings. The summed E-state index contributed by atoms with van der Waals surface area (Å²) in [7, 11) is 1.66. The summed E-state index contributed by atoms with van der Waals surface area (Å²) in [6.45, 7) is 2.79. The monoisotopic (exact) mass is 388 g/mol. The molecule has 1 heterocycles. The fraction of sp³-hybridized carbons (Fsp3) is 0.316. The molecular formula is C19H21BrN2O2. The molecule has 0 aromatic heterocycles. The average Bonchev–Trinajstić information content (AvgIpc) is 3.07. The van der Waals surface area contributed by atoms with Gasteiger partial charge in [0.25, 0.3) is 0 Å². The van der Waals surface area contributed by atoms with Crippen LogP contribution in [0.3, 0.4) is 0 Å². The number of hydrogen-bond acceptors (Lipinski definition) is 2. The first-order valence-corrected chi connectivity index (χ1v) is 8.85. The highest BCUT2D eigenvalue weighted by Gasteiger charge is 2.30. The molecule has 24 heavy (non-hydrogen) atoms. The third-order valence-electron chi connectivity index (χ3n) is 4.38. The minimum Gasteiger partial charge on any atom is -0.497 e. The topological polar surface area (TPSA) is 41.6 Å². The van der Waals surface area contributed by atoms with Crippen LogP contribution in [0.2, 0.25) is 0 Å². The first-order valence-electron chi connectivity index (χ1n) is 8.06. The Hall–Kier alpha value is -2.01. The van der Waals surface area contributed by atoms with E-state index in [1.165, 1.54) is 0 Å². The number of amides is 2. The molecule has 1 aliphatic heterocycles. The number of likely N-dealkylation sites (tertiary alicyclic amines) is 1. The summed E-state index contributed by atoms with van der Waals surface area (Å²) in [4.78, 5) is 14.6. The fourth-order valence-corrected chi connectivity index (χ4v) is 3.68. The van der Waals surface area contributed by atoms with Gasteiger partial charge in [-0.05, 0) is 71.1 Å². The smallest absolute Gasteiger partial charge is 0.322 e. The van der Waals surface area contributed by atoms with Crippen LogP contribution in [-0.2, 0) is 0 Å². The summed E-state index contributed by atoms with van der Waals surface area (Å²) in [6, 6.07) is 13.9. The normalized spacial score (nSPS) is 17.0. The lowest BCUT2D eigenvalue weighted by molar-refractivity contribution is 0.207. The first-order chi connectivity index (χ1) is 11.6. The number of carbonyl (C=O) groups is 1. The van der Waals surface area contributed by atoms with Gasteiger partial charge in [0.05, 0.1) is 18.8 Å². The Morgan fingerprint density at radius 3 is 2.67 bits per heavy atom. The average molecular weight is 389 g/mol. The molecule has 2 aromatic carbocycles. The predicted molar refractivity (Wildman–Crippen MR) is 99.6 cm³/mol. The Labute approximate surface area is 150 Å². The van der Waals surface area contributed by atoms with E-state index in [1.54, 1.807) is 7.11 Å². The van der Waals surface area contributed by atoms with Crippen molar-refractivity contribution in [2.45, 2.75) is 25.8 Å². The summed E-state index contributed by atoms with van der Waals surface area (Å²) in [5, 5.41) is 3.02. The van der Waals surface area contributed by atoms with Gasteiger partial charge in [-0.2, -0.15) is 0 Å². The number of methoxy groups -OCH3 is 1. The number of nitrogens with zero attached hydrogens (tertiary/aromatic N) is 1. The van der Waals surface area contributed by atoms with Gasteiger partial charge >= 0.3 is 6.03 Å². The number of urea groups is 1. The lowest BCUT2D eigenvalue weighted by Crippen LogP contribution is -2.34. The number of ether oxygens (including phenoxy) is 1. The van der Waals surface area contributed by atoms with Crippen molar-refractivity contribution in [1.82, 2.24) is 4.90 Å². The zero-order valence-corrected chi connectivity index (χ0v) is 15.5. The van der Waals surface area contributed by atoms with Crippen LogP contribution < -0.4 is 10.1 Å². The van der Waals surface area contributed by atoms with Gasteiger partial charge in [-0.25, -0.2) is 4.79 Å². The SMILES string of the molecule is COc1ccc(C2CCCN2C(=O)Nc2ccc(C)cc2Br)cc1. The highest BCUT2D eigenvalue weighted by atomic mass is 79.9. The van der Waals surface area contributed by atoms with E-state index in [0.717, 1.165) is 46.4 Å². The molecule has 1 aliphatic rings. The Balaban J connectivity index is 1.75. The minimum atomic E-state index is -0.0575. The highest BCUT2D eigenvalue weighted by molar-refractivity contribution is 9.10. The number of benzene rings is 2. The first kappa shape index (κ1) is 16.8. The van der Waals surface area contributed by atoms with E-state index in [-0.39, 0.29) is 12.1 Å². The molecule has 0 saturated carbocycles. The maximum absolute atomic E-state index is 12.7. The standard InChI is InChI=1S/C19H21BrN2O2/c1-13-5-10-17(16(20)12-13)21-19(23)22-11-3-4-18(22)14-6-8-15(24-2)9-7-14/h5-10,12,18H,3-4,11H2,1-2H3,(H,21,23). The van der Waals surface area contributed by atoms with Crippen molar-refractivity contribution in [2.75, 3.05) is 19.0 Å². The maximum atomic E-state index is 12.7. The van der Waals surface area contributed by atoms with Gasteiger partial charge in [0.1, 0.15) is 5.75 Å². The molecule has 0 bridgehead atoms. The number of nitrogens with one attached hydrogen (secondary N) is 1.